The second-order valence-electron chi connectivity index (χ2n) is 4.82. The first-order valence-electron chi connectivity index (χ1n) is 6.54. The molecule has 0 aliphatic carbocycles. The molecule has 0 aliphatic rings. The van der Waals surface area contributed by atoms with Gasteiger partial charge < -0.3 is 10.6 Å². The molecule has 0 fully saturated rings. The Kier molecular flexibility index (Phi) is 5.85. The van der Waals surface area contributed by atoms with E-state index in [0.717, 1.165) is 24.2 Å². The average molecular weight is 252 g/mol. The lowest BCUT2D eigenvalue weighted by Crippen LogP contribution is -2.34. The van der Waals surface area contributed by atoms with Crippen molar-refractivity contribution in [1.29, 1.82) is 0 Å². The Morgan fingerprint density at radius 1 is 1.50 bits per heavy atom. The minimum absolute atomic E-state index is 0.0480. The number of carbonyl (C=O) groups is 1. The number of nitrogens with one attached hydrogen (secondary N) is 2. The van der Waals surface area contributed by atoms with Crippen LogP contribution in [0.5, 0.6) is 0 Å². The van der Waals surface area contributed by atoms with Gasteiger partial charge in [-0.15, -0.1) is 0 Å². The van der Waals surface area contributed by atoms with Crippen LogP contribution < -0.4 is 10.6 Å². The highest BCUT2D eigenvalue weighted by Gasteiger charge is 2.11. The Labute approximate surface area is 109 Å². The number of carbonyl (C=O) groups excluding carboxylic acids is 1. The summed E-state index contributed by atoms with van der Waals surface area (Å²) >= 11 is 0. The maximum Gasteiger partial charge on any atom is 0.233 e. The van der Waals surface area contributed by atoms with Gasteiger partial charge in [0.25, 0.3) is 0 Å². The molecule has 18 heavy (non-hydrogen) atoms. The van der Waals surface area contributed by atoms with E-state index in [1.54, 1.807) is 0 Å². The Balaban J connectivity index is 2.41. The average Bonchev–Trinajstić information content (AvgIpc) is 2.68. The molecule has 1 rings (SSSR count). The molecule has 2 N–H and O–H groups in total. The summed E-state index contributed by atoms with van der Waals surface area (Å²) in [6.07, 6.45) is 2.97. The molecule has 0 atom stereocenters. The molecule has 1 aromatic heterocycles. The molecule has 0 aromatic carbocycles. The van der Waals surface area contributed by atoms with Crippen LogP contribution in [-0.4, -0.2) is 28.8 Å². The molecule has 5 heteroatoms. The lowest BCUT2D eigenvalue weighted by molar-refractivity contribution is -0.120. The summed E-state index contributed by atoms with van der Waals surface area (Å²) in [6.45, 7) is 8.07. The molecule has 0 aliphatic heterocycles. The van der Waals surface area contributed by atoms with Crippen LogP contribution in [0, 0.1) is 0 Å². The van der Waals surface area contributed by atoms with Crippen molar-refractivity contribution in [3.8, 4) is 0 Å². The summed E-state index contributed by atoms with van der Waals surface area (Å²) in [5.41, 5.74) is 2.26. The zero-order chi connectivity index (χ0) is 13.5. The van der Waals surface area contributed by atoms with Gasteiger partial charge in [-0.1, -0.05) is 20.8 Å². The Morgan fingerprint density at radius 3 is 2.83 bits per heavy atom. The summed E-state index contributed by atoms with van der Waals surface area (Å²) < 4.78 is 1.82. The van der Waals surface area contributed by atoms with Crippen molar-refractivity contribution in [2.24, 2.45) is 7.05 Å². The first-order valence-corrected chi connectivity index (χ1v) is 6.54. The zero-order valence-corrected chi connectivity index (χ0v) is 11.8. The van der Waals surface area contributed by atoms with Gasteiger partial charge in [-0.3, -0.25) is 9.48 Å². The van der Waals surface area contributed by atoms with Gasteiger partial charge >= 0.3 is 0 Å². The highest BCUT2D eigenvalue weighted by atomic mass is 16.1. The molecule has 1 amide bonds. The van der Waals surface area contributed by atoms with Crippen molar-refractivity contribution < 1.29 is 4.79 Å². The van der Waals surface area contributed by atoms with Crippen LogP contribution in [0.25, 0.3) is 0 Å². The molecule has 1 aromatic rings. The maximum absolute atomic E-state index is 11.4. The summed E-state index contributed by atoms with van der Waals surface area (Å²) in [7, 11) is 1.92. The fourth-order valence-corrected chi connectivity index (χ4v) is 1.81. The van der Waals surface area contributed by atoms with Crippen LogP contribution in [0.2, 0.25) is 0 Å². The van der Waals surface area contributed by atoms with Crippen molar-refractivity contribution >= 4 is 5.91 Å². The van der Waals surface area contributed by atoms with E-state index in [1.165, 1.54) is 0 Å². The van der Waals surface area contributed by atoms with E-state index in [2.05, 4.69) is 29.6 Å². The van der Waals surface area contributed by atoms with Crippen molar-refractivity contribution in [2.45, 2.75) is 39.7 Å². The van der Waals surface area contributed by atoms with Crippen molar-refractivity contribution in [2.75, 3.05) is 13.1 Å². The number of hydrogen-bond acceptors (Lipinski definition) is 3. The van der Waals surface area contributed by atoms with Crippen LogP contribution in [0.3, 0.4) is 0 Å². The second-order valence-corrected chi connectivity index (χ2v) is 4.82. The maximum atomic E-state index is 11.4. The third kappa shape index (κ3) is 4.49. The Morgan fingerprint density at radius 2 is 2.22 bits per heavy atom. The normalized spacial score (nSPS) is 10.9. The summed E-state index contributed by atoms with van der Waals surface area (Å²) in [6, 6.07) is 0. The van der Waals surface area contributed by atoms with Gasteiger partial charge in [0, 0.05) is 31.9 Å². The monoisotopic (exact) mass is 252 g/mol. The van der Waals surface area contributed by atoms with Gasteiger partial charge in [-0.2, -0.15) is 5.10 Å². The molecule has 0 unspecified atom stereocenters. The highest BCUT2D eigenvalue weighted by molar-refractivity contribution is 5.77. The Bertz CT molecular complexity index is 384. The fourth-order valence-electron chi connectivity index (χ4n) is 1.81. The standard InChI is InChI=1S/C13H24N4O/c1-5-6-15-12(18)8-14-7-11-9-17(4)16-13(11)10(2)3/h9-10,14H,5-8H2,1-4H3,(H,15,18). The topological polar surface area (TPSA) is 59.0 Å². The lowest BCUT2D eigenvalue weighted by atomic mass is 10.1. The van der Waals surface area contributed by atoms with E-state index in [4.69, 9.17) is 0 Å². The minimum atomic E-state index is 0.0480. The van der Waals surface area contributed by atoms with E-state index >= 15 is 0 Å². The summed E-state index contributed by atoms with van der Waals surface area (Å²) in [5, 5.41) is 10.4. The first kappa shape index (κ1) is 14.7. The van der Waals surface area contributed by atoms with Gasteiger partial charge in [0.1, 0.15) is 0 Å². The molecule has 102 valence electrons. The van der Waals surface area contributed by atoms with E-state index in [1.807, 2.05) is 24.9 Å². The lowest BCUT2D eigenvalue weighted by Gasteiger charge is -2.07. The second kappa shape index (κ2) is 7.16. The summed E-state index contributed by atoms with van der Waals surface area (Å²) in [5.74, 6) is 0.448. The molecule has 0 spiro atoms. The number of rotatable bonds is 7. The predicted octanol–water partition coefficient (Wildman–Crippen LogP) is 1.16. The molecule has 0 bridgehead atoms. The molecule has 1 heterocycles. The molecular weight excluding hydrogens is 228 g/mol. The molecule has 0 saturated heterocycles. The zero-order valence-electron chi connectivity index (χ0n) is 11.8. The minimum Gasteiger partial charge on any atom is -0.355 e. The first-order chi connectivity index (χ1) is 8.54. The smallest absolute Gasteiger partial charge is 0.233 e. The number of aryl methyl sites for hydroxylation is 1. The quantitative estimate of drug-likeness (QED) is 0.765. The third-order valence-corrected chi connectivity index (χ3v) is 2.66. The fraction of sp³-hybridized carbons (Fsp3) is 0.692. The van der Waals surface area contributed by atoms with E-state index < -0.39 is 0 Å². The van der Waals surface area contributed by atoms with Gasteiger partial charge in [-0.05, 0) is 12.3 Å². The molecule has 5 nitrogen and oxygen atoms in total. The summed E-state index contributed by atoms with van der Waals surface area (Å²) in [4.78, 5) is 11.4. The van der Waals surface area contributed by atoms with Crippen molar-refractivity contribution in [3.05, 3.63) is 17.5 Å². The van der Waals surface area contributed by atoms with Crippen molar-refractivity contribution in [1.82, 2.24) is 20.4 Å². The van der Waals surface area contributed by atoms with Gasteiger partial charge in [0.15, 0.2) is 0 Å². The van der Waals surface area contributed by atoms with Crippen LogP contribution in [0.4, 0.5) is 0 Å². The third-order valence-electron chi connectivity index (χ3n) is 2.66. The van der Waals surface area contributed by atoms with E-state index in [0.29, 0.717) is 19.0 Å². The van der Waals surface area contributed by atoms with Crippen LogP contribution >= 0.6 is 0 Å². The Hall–Kier alpha value is -1.36. The van der Waals surface area contributed by atoms with E-state index in [-0.39, 0.29) is 5.91 Å². The van der Waals surface area contributed by atoms with Crippen LogP contribution in [0.15, 0.2) is 6.20 Å². The van der Waals surface area contributed by atoms with Gasteiger partial charge in [0.2, 0.25) is 5.91 Å². The molecular formula is C13H24N4O. The van der Waals surface area contributed by atoms with E-state index in [9.17, 15) is 4.79 Å². The van der Waals surface area contributed by atoms with Crippen molar-refractivity contribution in [3.63, 3.8) is 0 Å². The van der Waals surface area contributed by atoms with Crippen LogP contribution in [0.1, 0.15) is 44.4 Å². The number of hydrogen-bond donors (Lipinski definition) is 2. The molecule has 0 radical (unpaired) electrons. The SMILES string of the molecule is CCCNC(=O)CNCc1cn(C)nc1C(C)C. The van der Waals surface area contributed by atoms with Gasteiger partial charge in [-0.25, -0.2) is 0 Å². The van der Waals surface area contributed by atoms with Gasteiger partial charge in [0.05, 0.1) is 12.2 Å². The number of nitrogens with zero attached hydrogens (tertiary/aromatic N) is 2. The predicted molar refractivity (Wildman–Crippen MR) is 72.3 cm³/mol. The number of amides is 1. The highest BCUT2D eigenvalue weighted by Crippen LogP contribution is 2.16. The molecule has 0 saturated carbocycles. The largest absolute Gasteiger partial charge is 0.355 e. The number of aromatic nitrogens is 2. The van der Waals surface area contributed by atoms with Crippen LogP contribution in [-0.2, 0) is 18.4 Å².